The molecule has 0 aliphatic heterocycles. The summed E-state index contributed by atoms with van der Waals surface area (Å²) in [6.07, 6.45) is 0.378. The number of ether oxygens (including phenoxy) is 1. The molecule has 2 nitrogen and oxygen atoms in total. The van der Waals surface area contributed by atoms with E-state index in [1.165, 1.54) is 0 Å². The molecule has 0 bridgehead atoms. The Morgan fingerprint density at radius 1 is 1.24 bits per heavy atom. The van der Waals surface area contributed by atoms with Gasteiger partial charge in [-0.2, -0.15) is 13.2 Å². The van der Waals surface area contributed by atoms with Gasteiger partial charge in [-0.05, 0) is 31.6 Å². The van der Waals surface area contributed by atoms with Crippen LogP contribution in [-0.4, -0.2) is 25.2 Å². The molecule has 0 amide bonds. The molecule has 1 aliphatic carbocycles. The lowest BCUT2D eigenvalue weighted by Gasteiger charge is -2.26. The molecule has 5 heteroatoms. The third-order valence-corrected chi connectivity index (χ3v) is 3.39. The van der Waals surface area contributed by atoms with E-state index in [-0.39, 0.29) is 11.7 Å². The van der Waals surface area contributed by atoms with E-state index in [4.69, 9.17) is 0 Å². The van der Waals surface area contributed by atoms with Gasteiger partial charge < -0.3 is 4.74 Å². The maximum absolute atomic E-state index is 11.8. The third-order valence-electron chi connectivity index (χ3n) is 3.39. The summed E-state index contributed by atoms with van der Waals surface area (Å²) in [4.78, 5) is 11.6. The van der Waals surface area contributed by atoms with Crippen molar-refractivity contribution in [2.45, 2.75) is 45.2 Å². The van der Waals surface area contributed by atoms with Crippen LogP contribution in [0.1, 0.15) is 39.0 Å². The molecular weight excluding hydrogens is 233 g/mol. The van der Waals surface area contributed by atoms with Gasteiger partial charge in [-0.15, -0.1) is 0 Å². The first-order valence-electron chi connectivity index (χ1n) is 6.09. The van der Waals surface area contributed by atoms with Crippen molar-refractivity contribution < 1.29 is 22.7 Å². The smallest absolute Gasteiger partial charge is 0.364 e. The average Bonchev–Trinajstić information content (AvgIpc) is 2.27. The summed E-state index contributed by atoms with van der Waals surface area (Å²) in [5.74, 6) is 0.407. The number of ketones is 1. The number of hydrogen-bond donors (Lipinski definition) is 0. The van der Waals surface area contributed by atoms with E-state index >= 15 is 0 Å². The van der Waals surface area contributed by atoms with E-state index in [0.717, 1.165) is 32.1 Å². The Morgan fingerprint density at radius 2 is 1.82 bits per heavy atom. The van der Waals surface area contributed by atoms with Crippen LogP contribution >= 0.6 is 0 Å². The van der Waals surface area contributed by atoms with Crippen LogP contribution in [0.25, 0.3) is 0 Å². The maximum atomic E-state index is 11.8. The molecule has 17 heavy (non-hydrogen) atoms. The predicted molar refractivity (Wildman–Crippen MR) is 57.6 cm³/mol. The number of halogens is 3. The molecule has 1 aliphatic rings. The Bertz CT molecular complexity index is 243. The van der Waals surface area contributed by atoms with E-state index in [1.807, 2.05) is 0 Å². The lowest BCUT2D eigenvalue weighted by Crippen LogP contribution is -2.27. The summed E-state index contributed by atoms with van der Waals surface area (Å²) in [7, 11) is 0. The molecule has 100 valence electrons. The van der Waals surface area contributed by atoms with Crippen LogP contribution in [0.5, 0.6) is 0 Å². The summed E-state index contributed by atoms with van der Waals surface area (Å²) in [5.41, 5.74) is 0. The van der Waals surface area contributed by atoms with E-state index < -0.39 is 19.4 Å². The SMILES string of the molecule is CCC1CCC(C(=O)COCC(F)(F)F)CC1. The van der Waals surface area contributed by atoms with Crippen molar-refractivity contribution in [3.63, 3.8) is 0 Å². The molecule has 0 saturated heterocycles. The fraction of sp³-hybridized carbons (Fsp3) is 0.917. The fourth-order valence-corrected chi connectivity index (χ4v) is 2.28. The second kappa shape index (κ2) is 6.38. The zero-order chi connectivity index (χ0) is 12.9. The van der Waals surface area contributed by atoms with Crippen LogP contribution in [0, 0.1) is 11.8 Å². The minimum atomic E-state index is -4.35. The van der Waals surface area contributed by atoms with E-state index in [1.54, 1.807) is 0 Å². The number of carbonyl (C=O) groups excluding carboxylic acids is 1. The first-order valence-corrected chi connectivity index (χ1v) is 6.09. The standard InChI is InChI=1S/C12H19F3O2/c1-2-9-3-5-10(6-4-9)11(16)7-17-8-12(13,14)15/h9-10H,2-8H2,1H3. The largest absolute Gasteiger partial charge is 0.411 e. The van der Waals surface area contributed by atoms with Gasteiger partial charge in [0.25, 0.3) is 0 Å². The molecule has 0 aromatic carbocycles. The Hall–Kier alpha value is -0.580. The average molecular weight is 252 g/mol. The highest BCUT2D eigenvalue weighted by Crippen LogP contribution is 2.31. The summed E-state index contributed by atoms with van der Waals surface area (Å²) < 4.78 is 39.8. The number of Topliss-reactive ketones (excluding diaryl/α,β-unsaturated/α-hetero) is 1. The van der Waals surface area contributed by atoms with Crippen LogP contribution in [-0.2, 0) is 9.53 Å². The van der Waals surface area contributed by atoms with Crippen molar-refractivity contribution >= 4 is 5.78 Å². The Balaban J connectivity index is 2.21. The summed E-state index contributed by atoms with van der Waals surface area (Å²) in [6.45, 7) is 0.392. The van der Waals surface area contributed by atoms with Gasteiger partial charge in [-0.3, -0.25) is 4.79 Å². The minimum Gasteiger partial charge on any atom is -0.364 e. The predicted octanol–water partition coefficient (Wildman–Crippen LogP) is 3.35. The maximum Gasteiger partial charge on any atom is 0.411 e. The summed E-state index contributed by atoms with van der Waals surface area (Å²) in [5, 5.41) is 0. The van der Waals surface area contributed by atoms with Crippen molar-refractivity contribution in [1.82, 2.24) is 0 Å². The number of carbonyl (C=O) groups is 1. The van der Waals surface area contributed by atoms with Crippen LogP contribution < -0.4 is 0 Å². The van der Waals surface area contributed by atoms with Crippen LogP contribution in [0.4, 0.5) is 13.2 Å². The highest BCUT2D eigenvalue weighted by molar-refractivity contribution is 5.82. The lowest BCUT2D eigenvalue weighted by molar-refractivity contribution is -0.176. The van der Waals surface area contributed by atoms with Gasteiger partial charge in [0.2, 0.25) is 0 Å². The van der Waals surface area contributed by atoms with Crippen molar-refractivity contribution in [3.05, 3.63) is 0 Å². The molecule has 1 fully saturated rings. The number of alkyl halides is 3. The monoisotopic (exact) mass is 252 g/mol. The van der Waals surface area contributed by atoms with Gasteiger partial charge in [0.05, 0.1) is 0 Å². The zero-order valence-corrected chi connectivity index (χ0v) is 10.1. The van der Waals surface area contributed by atoms with Gasteiger partial charge in [-0.1, -0.05) is 13.3 Å². The van der Waals surface area contributed by atoms with E-state index in [0.29, 0.717) is 5.92 Å². The second-order valence-corrected chi connectivity index (χ2v) is 4.70. The van der Waals surface area contributed by atoms with Gasteiger partial charge in [0.1, 0.15) is 13.2 Å². The molecular formula is C12H19F3O2. The van der Waals surface area contributed by atoms with Crippen LogP contribution in [0.15, 0.2) is 0 Å². The first-order chi connectivity index (χ1) is 7.92. The molecule has 0 N–H and O–H groups in total. The Morgan fingerprint density at radius 3 is 2.29 bits per heavy atom. The second-order valence-electron chi connectivity index (χ2n) is 4.70. The molecule has 0 spiro atoms. The van der Waals surface area contributed by atoms with Gasteiger partial charge in [0, 0.05) is 5.92 Å². The van der Waals surface area contributed by atoms with Gasteiger partial charge in [0.15, 0.2) is 5.78 Å². The summed E-state index contributed by atoms with van der Waals surface area (Å²) >= 11 is 0. The molecule has 0 aromatic heterocycles. The van der Waals surface area contributed by atoms with Gasteiger partial charge in [-0.25, -0.2) is 0 Å². The first kappa shape index (κ1) is 14.5. The minimum absolute atomic E-state index is 0.0916. The molecule has 0 aromatic rings. The Labute approximate surface area is 99.5 Å². The normalized spacial score (nSPS) is 25.9. The molecule has 0 heterocycles. The third kappa shape index (κ3) is 5.52. The van der Waals surface area contributed by atoms with E-state index in [2.05, 4.69) is 11.7 Å². The number of hydrogen-bond acceptors (Lipinski definition) is 2. The molecule has 1 rings (SSSR count). The molecule has 0 unspecified atom stereocenters. The highest BCUT2D eigenvalue weighted by Gasteiger charge is 2.29. The Kier molecular flexibility index (Phi) is 5.43. The van der Waals surface area contributed by atoms with Crippen LogP contribution in [0.2, 0.25) is 0 Å². The van der Waals surface area contributed by atoms with Gasteiger partial charge >= 0.3 is 6.18 Å². The van der Waals surface area contributed by atoms with Crippen molar-refractivity contribution in [3.8, 4) is 0 Å². The lowest BCUT2D eigenvalue weighted by atomic mass is 9.79. The highest BCUT2D eigenvalue weighted by atomic mass is 19.4. The van der Waals surface area contributed by atoms with Crippen molar-refractivity contribution in [2.75, 3.05) is 13.2 Å². The molecule has 0 radical (unpaired) electrons. The number of rotatable bonds is 5. The molecule has 1 saturated carbocycles. The quantitative estimate of drug-likeness (QED) is 0.750. The zero-order valence-electron chi connectivity index (χ0n) is 10.1. The van der Waals surface area contributed by atoms with Crippen molar-refractivity contribution in [2.24, 2.45) is 11.8 Å². The fourth-order valence-electron chi connectivity index (χ4n) is 2.28. The van der Waals surface area contributed by atoms with Crippen molar-refractivity contribution in [1.29, 1.82) is 0 Å². The molecule has 0 atom stereocenters. The summed E-state index contributed by atoms with van der Waals surface area (Å²) in [6, 6.07) is 0. The van der Waals surface area contributed by atoms with Crippen LogP contribution in [0.3, 0.4) is 0 Å². The van der Waals surface area contributed by atoms with E-state index in [9.17, 15) is 18.0 Å². The topological polar surface area (TPSA) is 26.3 Å².